The summed E-state index contributed by atoms with van der Waals surface area (Å²) in [5, 5.41) is 4.51. The molecule has 7 nitrogen and oxygen atoms in total. The minimum absolute atomic E-state index is 0.161. The zero-order valence-electron chi connectivity index (χ0n) is 16.1. The molecule has 0 amide bonds. The number of benzene rings is 2. The maximum atomic E-state index is 13.1. The highest BCUT2D eigenvalue weighted by Gasteiger charge is 2.19. The van der Waals surface area contributed by atoms with Gasteiger partial charge in [-0.3, -0.25) is 0 Å². The molecule has 0 unspecified atom stereocenters. The molecule has 0 aliphatic carbocycles. The van der Waals surface area contributed by atoms with Gasteiger partial charge in [-0.05, 0) is 55.5 Å². The molecule has 0 saturated carbocycles. The van der Waals surface area contributed by atoms with Crippen molar-refractivity contribution in [2.45, 2.75) is 13.5 Å². The summed E-state index contributed by atoms with van der Waals surface area (Å²) in [6, 6.07) is 13.1. The molecule has 0 atom stereocenters. The summed E-state index contributed by atoms with van der Waals surface area (Å²) in [7, 11) is 1.59. The lowest BCUT2D eigenvalue weighted by atomic mass is 10.2. The van der Waals surface area contributed by atoms with Gasteiger partial charge in [-0.25, -0.2) is 14.2 Å². The molecule has 9 heteroatoms. The van der Waals surface area contributed by atoms with Crippen LogP contribution in [0.1, 0.15) is 21.3 Å². The second kappa shape index (κ2) is 8.42. The van der Waals surface area contributed by atoms with E-state index in [1.807, 2.05) is 0 Å². The summed E-state index contributed by atoms with van der Waals surface area (Å²) in [4.78, 5) is 21.5. The fourth-order valence-electron chi connectivity index (χ4n) is 2.67. The van der Waals surface area contributed by atoms with E-state index in [-0.39, 0.29) is 18.3 Å². The Morgan fingerprint density at radius 1 is 1.07 bits per heavy atom. The predicted molar refractivity (Wildman–Crippen MR) is 108 cm³/mol. The highest BCUT2D eigenvalue weighted by atomic mass is 32.1. The van der Waals surface area contributed by atoms with Crippen LogP contribution in [-0.4, -0.2) is 28.2 Å². The summed E-state index contributed by atoms with van der Waals surface area (Å²) < 4.78 is 28.7. The highest BCUT2D eigenvalue weighted by molar-refractivity contribution is 7.17. The first-order valence-electron chi connectivity index (χ1n) is 8.91. The molecule has 0 bridgehead atoms. The molecule has 0 aliphatic heterocycles. The fraction of sp³-hybridized carbons (Fsp3) is 0.143. The maximum Gasteiger partial charge on any atom is 0.350 e. The van der Waals surface area contributed by atoms with Gasteiger partial charge in [0.25, 0.3) is 5.89 Å². The lowest BCUT2D eigenvalue weighted by molar-refractivity contribution is 0.0434. The predicted octanol–water partition coefficient (Wildman–Crippen LogP) is 4.67. The minimum Gasteiger partial charge on any atom is -0.497 e. The first-order chi connectivity index (χ1) is 14.5. The van der Waals surface area contributed by atoms with Gasteiger partial charge in [-0.1, -0.05) is 5.16 Å². The molecule has 0 fully saturated rings. The average Bonchev–Trinajstić information content (AvgIpc) is 3.39. The van der Waals surface area contributed by atoms with Crippen LogP contribution in [-0.2, 0) is 11.3 Å². The Morgan fingerprint density at radius 3 is 2.47 bits per heavy atom. The van der Waals surface area contributed by atoms with Crippen LogP contribution in [0.15, 0.2) is 53.1 Å². The van der Waals surface area contributed by atoms with Gasteiger partial charge in [0, 0.05) is 11.1 Å². The number of rotatable bonds is 6. The molecule has 0 spiro atoms. The smallest absolute Gasteiger partial charge is 0.350 e. The number of carbonyl (C=O) groups is 1. The number of nitrogens with zero attached hydrogens (tertiary/aromatic N) is 3. The molecule has 4 rings (SSSR count). The number of aromatic nitrogens is 3. The molecular weight excluding hydrogens is 409 g/mol. The molecule has 0 N–H and O–H groups in total. The van der Waals surface area contributed by atoms with Crippen molar-refractivity contribution in [1.82, 2.24) is 15.1 Å². The highest BCUT2D eigenvalue weighted by Crippen LogP contribution is 2.29. The third-order valence-corrected chi connectivity index (χ3v) is 5.40. The number of halogens is 1. The minimum atomic E-state index is -0.539. The fourth-order valence-corrected chi connectivity index (χ4v) is 3.63. The van der Waals surface area contributed by atoms with Crippen LogP contribution in [0.25, 0.3) is 22.0 Å². The second-order valence-electron chi connectivity index (χ2n) is 6.26. The monoisotopic (exact) mass is 425 g/mol. The number of carbonyl (C=O) groups excluding carboxylic acids is 1. The first kappa shape index (κ1) is 19.7. The third-order valence-electron chi connectivity index (χ3n) is 4.22. The molecule has 0 radical (unpaired) electrons. The first-order valence-corrected chi connectivity index (χ1v) is 9.72. The van der Waals surface area contributed by atoms with Gasteiger partial charge in [0.1, 0.15) is 21.5 Å². The van der Waals surface area contributed by atoms with Crippen molar-refractivity contribution in [3.8, 4) is 27.7 Å². The van der Waals surface area contributed by atoms with Crippen molar-refractivity contribution >= 4 is 17.3 Å². The Labute approximate surface area is 175 Å². The van der Waals surface area contributed by atoms with Crippen LogP contribution >= 0.6 is 11.3 Å². The van der Waals surface area contributed by atoms with Crippen LogP contribution in [0.2, 0.25) is 0 Å². The van der Waals surface area contributed by atoms with E-state index in [0.717, 1.165) is 16.9 Å². The van der Waals surface area contributed by atoms with Crippen molar-refractivity contribution in [2.75, 3.05) is 7.11 Å². The van der Waals surface area contributed by atoms with Crippen molar-refractivity contribution < 1.29 is 23.2 Å². The molecule has 152 valence electrons. The summed E-state index contributed by atoms with van der Waals surface area (Å²) in [6.07, 6.45) is 0. The Bertz CT molecular complexity index is 1170. The van der Waals surface area contributed by atoms with E-state index in [1.54, 1.807) is 50.4 Å². The SMILES string of the molecule is COc1ccc(-c2noc(COC(=O)c3sc(-c4ccc(F)cc4)nc3C)n2)cc1. The van der Waals surface area contributed by atoms with Crippen molar-refractivity contribution in [3.63, 3.8) is 0 Å². The lowest BCUT2D eigenvalue weighted by Gasteiger charge is -2.00. The number of esters is 1. The Morgan fingerprint density at radius 2 is 1.77 bits per heavy atom. The van der Waals surface area contributed by atoms with Gasteiger partial charge in [0.15, 0.2) is 6.61 Å². The number of methoxy groups -OCH3 is 1. The maximum absolute atomic E-state index is 13.1. The van der Waals surface area contributed by atoms with Gasteiger partial charge in [-0.15, -0.1) is 11.3 Å². The van der Waals surface area contributed by atoms with E-state index in [0.29, 0.717) is 21.4 Å². The second-order valence-corrected chi connectivity index (χ2v) is 7.26. The van der Waals surface area contributed by atoms with E-state index >= 15 is 0 Å². The van der Waals surface area contributed by atoms with E-state index in [2.05, 4.69) is 15.1 Å². The van der Waals surface area contributed by atoms with E-state index in [9.17, 15) is 9.18 Å². The number of ether oxygens (including phenoxy) is 2. The molecule has 0 saturated heterocycles. The topological polar surface area (TPSA) is 87.3 Å². The van der Waals surface area contributed by atoms with Crippen molar-refractivity contribution in [3.05, 3.63) is 70.8 Å². The van der Waals surface area contributed by atoms with Gasteiger partial charge >= 0.3 is 5.97 Å². The molecule has 0 aliphatic rings. The van der Waals surface area contributed by atoms with Crippen LogP contribution in [0, 0.1) is 12.7 Å². The normalized spacial score (nSPS) is 10.8. The largest absolute Gasteiger partial charge is 0.497 e. The summed E-state index contributed by atoms with van der Waals surface area (Å²) >= 11 is 1.18. The third kappa shape index (κ3) is 4.20. The lowest BCUT2D eigenvalue weighted by Crippen LogP contribution is -2.05. The molecule has 2 aromatic carbocycles. The summed E-state index contributed by atoms with van der Waals surface area (Å²) in [6.45, 7) is 1.56. The van der Waals surface area contributed by atoms with Gasteiger partial charge in [0.05, 0.1) is 12.8 Å². The number of aryl methyl sites for hydroxylation is 1. The quantitative estimate of drug-likeness (QED) is 0.415. The van der Waals surface area contributed by atoms with E-state index in [4.69, 9.17) is 14.0 Å². The molecule has 2 aromatic heterocycles. The average molecular weight is 425 g/mol. The van der Waals surface area contributed by atoms with Crippen LogP contribution < -0.4 is 4.74 Å². The molecule has 4 aromatic rings. The van der Waals surface area contributed by atoms with Crippen LogP contribution in [0.4, 0.5) is 4.39 Å². The Balaban J connectivity index is 1.42. The number of hydrogen-bond donors (Lipinski definition) is 0. The molecule has 30 heavy (non-hydrogen) atoms. The van der Waals surface area contributed by atoms with E-state index in [1.165, 1.54) is 23.5 Å². The van der Waals surface area contributed by atoms with Gasteiger partial charge in [-0.2, -0.15) is 4.98 Å². The molecule has 2 heterocycles. The number of hydrogen-bond acceptors (Lipinski definition) is 8. The van der Waals surface area contributed by atoms with Crippen molar-refractivity contribution in [2.24, 2.45) is 0 Å². The molecular formula is C21H16FN3O4S. The van der Waals surface area contributed by atoms with Crippen molar-refractivity contribution in [1.29, 1.82) is 0 Å². The Hall–Kier alpha value is -3.59. The van der Waals surface area contributed by atoms with Crippen LogP contribution in [0.3, 0.4) is 0 Å². The van der Waals surface area contributed by atoms with E-state index < -0.39 is 5.97 Å². The van der Waals surface area contributed by atoms with Gasteiger partial charge < -0.3 is 14.0 Å². The zero-order valence-corrected chi connectivity index (χ0v) is 16.9. The zero-order chi connectivity index (χ0) is 21.1. The summed E-state index contributed by atoms with van der Waals surface area (Å²) in [5.41, 5.74) is 2.01. The van der Waals surface area contributed by atoms with Gasteiger partial charge in [0.2, 0.25) is 5.82 Å². The summed E-state index contributed by atoms with van der Waals surface area (Å²) in [5.74, 6) is 0.408. The Kier molecular flexibility index (Phi) is 5.53. The standard InChI is InChI=1S/C21H16FN3O4S/c1-12-18(30-20(23-12)14-3-7-15(22)8-4-14)21(26)28-11-17-24-19(25-29-17)13-5-9-16(27-2)10-6-13/h3-10H,11H2,1-2H3. The number of thiazole rings is 1. The van der Waals surface area contributed by atoms with Crippen LogP contribution in [0.5, 0.6) is 5.75 Å².